The summed E-state index contributed by atoms with van der Waals surface area (Å²) in [7, 11) is 0. The third-order valence-electron chi connectivity index (χ3n) is 11.7. The van der Waals surface area contributed by atoms with Gasteiger partial charge in [-0.25, -0.2) is 0 Å². The van der Waals surface area contributed by atoms with Gasteiger partial charge in [0, 0.05) is 19.3 Å². The number of carbonyl (C=O) groups excluding carboxylic acids is 3. The summed E-state index contributed by atoms with van der Waals surface area (Å²) in [6.07, 6.45) is 45.3. The van der Waals surface area contributed by atoms with Gasteiger partial charge in [-0.05, 0) is 31.1 Å². The Bertz CT molecular complexity index is 885. The molecule has 0 spiro atoms. The molecule has 0 aromatic rings. The summed E-state index contributed by atoms with van der Waals surface area (Å²) >= 11 is 0. The topological polar surface area (TPSA) is 78.9 Å². The first-order chi connectivity index (χ1) is 28.2. The number of carbonyl (C=O) groups is 3. The third-order valence-corrected chi connectivity index (χ3v) is 11.7. The van der Waals surface area contributed by atoms with Crippen LogP contribution in [-0.2, 0) is 28.6 Å². The van der Waals surface area contributed by atoms with Crippen LogP contribution >= 0.6 is 0 Å². The number of hydrogen-bond acceptors (Lipinski definition) is 6. The highest BCUT2D eigenvalue weighted by Crippen LogP contribution is 2.17. The van der Waals surface area contributed by atoms with E-state index in [1.54, 1.807) is 0 Å². The predicted molar refractivity (Wildman–Crippen MR) is 247 cm³/mol. The molecular weight excluding hydrogens is 721 g/mol. The summed E-state index contributed by atoms with van der Waals surface area (Å²) in [5.74, 6) is 0.731. The Morgan fingerprint density at radius 3 is 0.845 bits per heavy atom. The molecule has 0 aliphatic carbocycles. The fourth-order valence-electron chi connectivity index (χ4n) is 7.81. The van der Waals surface area contributed by atoms with Crippen LogP contribution in [0.3, 0.4) is 0 Å². The zero-order valence-electron chi connectivity index (χ0n) is 39.7. The molecular formula is C52H100O6. The third kappa shape index (κ3) is 45.5. The van der Waals surface area contributed by atoms with Crippen molar-refractivity contribution in [2.45, 2.75) is 291 Å². The van der Waals surface area contributed by atoms with Crippen molar-refractivity contribution in [3.63, 3.8) is 0 Å². The van der Waals surface area contributed by atoms with Crippen molar-refractivity contribution in [1.82, 2.24) is 0 Å². The van der Waals surface area contributed by atoms with Crippen molar-refractivity contribution in [2.24, 2.45) is 11.8 Å². The molecule has 0 heterocycles. The van der Waals surface area contributed by atoms with Crippen LogP contribution in [0.5, 0.6) is 0 Å². The van der Waals surface area contributed by atoms with Gasteiger partial charge in [-0.15, -0.1) is 0 Å². The Morgan fingerprint density at radius 2 is 0.569 bits per heavy atom. The highest BCUT2D eigenvalue weighted by molar-refractivity contribution is 5.71. The number of rotatable bonds is 46. The maximum Gasteiger partial charge on any atom is 0.306 e. The summed E-state index contributed by atoms with van der Waals surface area (Å²) in [6.45, 7) is 11.3. The van der Waals surface area contributed by atoms with E-state index in [1.807, 2.05) is 0 Å². The van der Waals surface area contributed by atoms with Crippen molar-refractivity contribution in [3.05, 3.63) is 0 Å². The molecule has 0 aliphatic heterocycles. The van der Waals surface area contributed by atoms with Crippen LogP contribution in [0.1, 0.15) is 285 Å². The maximum atomic E-state index is 12.7. The van der Waals surface area contributed by atoms with E-state index in [9.17, 15) is 14.4 Å². The number of ether oxygens (including phenoxy) is 3. The quantitative estimate of drug-likeness (QED) is 0.0346. The van der Waals surface area contributed by atoms with E-state index in [0.29, 0.717) is 19.3 Å². The second-order valence-corrected chi connectivity index (χ2v) is 18.8. The van der Waals surface area contributed by atoms with Gasteiger partial charge in [0.25, 0.3) is 0 Å². The van der Waals surface area contributed by atoms with Gasteiger partial charge in [0.2, 0.25) is 0 Å². The fraction of sp³-hybridized carbons (Fsp3) is 0.942. The molecule has 0 N–H and O–H groups in total. The van der Waals surface area contributed by atoms with Crippen molar-refractivity contribution in [3.8, 4) is 0 Å². The van der Waals surface area contributed by atoms with Gasteiger partial charge < -0.3 is 14.2 Å². The van der Waals surface area contributed by atoms with Gasteiger partial charge in [-0.1, -0.05) is 247 Å². The van der Waals surface area contributed by atoms with E-state index in [0.717, 1.165) is 69.6 Å². The van der Waals surface area contributed by atoms with Crippen LogP contribution in [0.2, 0.25) is 0 Å². The molecule has 6 nitrogen and oxygen atoms in total. The smallest absolute Gasteiger partial charge is 0.306 e. The Balaban J connectivity index is 4.23. The van der Waals surface area contributed by atoms with E-state index in [4.69, 9.17) is 14.2 Å². The summed E-state index contributed by atoms with van der Waals surface area (Å²) in [4.78, 5) is 37.9. The molecule has 0 unspecified atom stereocenters. The highest BCUT2D eigenvalue weighted by Gasteiger charge is 2.19. The van der Waals surface area contributed by atoms with Crippen molar-refractivity contribution in [1.29, 1.82) is 0 Å². The predicted octanol–water partition coefficient (Wildman–Crippen LogP) is 16.5. The zero-order valence-corrected chi connectivity index (χ0v) is 39.7. The average Bonchev–Trinajstić information content (AvgIpc) is 3.19. The number of hydrogen-bond donors (Lipinski definition) is 0. The first-order valence-corrected chi connectivity index (χ1v) is 25.7. The molecule has 0 saturated heterocycles. The van der Waals surface area contributed by atoms with Gasteiger partial charge in [-0.3, -0.25) is 14.4 Å². The number of unbranched alkanes of at least 4 members (excludes halogenated alkanes) is 31. The highest BCUT2D eigenvalue weighted by atomic mass is 16.6. The van der Waals surface area contributed by atoms with Gasteiger partial charge >= 0.3 is 17.9 Å². The molecule has 0 amide bonds. The minimum absolute atomic E-state index is 0.0649. The largest absolute Gasteiger partial charge is 0.462 e. The van der Waals surface area contributed by atoms with E-state index in [-0.39, 0.29) is 31.1 Å². The lowest BCUT2D eigenvalue weighted by molar-refractivity contribution is -0.167. The SMILES string of the molecule is CCCCCCCCCCCCCCCCCCCC(=O)OC[C@H](COC(=O)CCCCCCCCCCCCCC(C)C)OC(=O)CCCCCCCCC(C)C. The van der Waals surface area contributed by atoms with Gasteiger partial charge in [0.15, 0.2) is 6.10 Å². The lowest BCUT2D eigenvalue weighted by Gasteiger charge is -2.18. The first kappa shape index (κ1) is 56.4. The van der Waals surface area contributed by atoms with E-state index in [1.165, 1.54) is 173 Å². The molecule has 6 heteroatoms. The molecule has 58 heavy (non-hydrogen) atoms. The second-order valence-electron chi connectivity index (χ2n) is 18.8. The Hall–Kier alpha value is -1.59. The summed E-state index contributed by atoms with van der Waals surface area (Å²) in [6, 6.07) is 0. The molecule has 0 aromatic heterocycles. The summed E-state index contributed by atoms with van der Waals surface area (Å²) in [5.41, 5.74) is 0. The van der Waals surface area contributed by atoms with Crippen LogP contribution in [0.15, 0.2) is 0 Å². The minimum atomic E-state index is -0.762. The molecule has 0 aromatic carbocycles. The van der Waals surface area contributed by atoms with Crippen LogP contribution < -0.4 is 0 Å². The molecule has 0 bridgehead atoms. The summed E-state index contributed by atoms with van der Waals surface area (Å²) < 4.78 is 16.8. The summed E-state index contributed by atoms with van der Waals surface area (Å²) in [5, 5.41) is 0. The number of esters is 3. The molecule has 0 saturated carbocycles. The first-order valence-electron chi connectivity index (χ1n) is 25.7. The van der Waals surface area contributed by atoms with E-state index < -0.39 is 6.10 Å². The van der Waals surface area contributed by atoms with Crippen molar-refractivity contribution < 1.29 is 28.6 Å². The molecule has 0 rings (SSSR count). The minimum Gasteiger partial charge on any atom is -0.462 e. The molecule has 0 radical (unpaired) electrons. The van der Waals surface area contributed by atoms with Crippen LogP contribution in [0.25, 0.3) is 0 Å². The Kier molecular flexibility index (Phi) is 43.7. The van der Waals surface area contributed by atoms with Crippen LogP contribution in [0, 0.1) is 11.8 Å². The van der Waals surface area contributed by atoms with Gasteiger partial charge in [0.1, 0.15) is 13.2 Å². The molecule has 0 fully saturated rings. The lowest BCUT2D eigenvalue weighted by Crippen LogP contribution is -2.30. The second kappa shape index (κ2) is 44.9. The normalized spacial score (nSPS) is 12.1. The van der Waals surface area contributed by atoms with Gasteiger partial charge in [0.05, 0.1) is 0 Å². The maximum absolute atomic E-state index is 12.7. The van der Waals surface area contributed by atoms with E-state index in [2.05, 4.69) is 34.6 Å². The van der Waals surface area contributed by atoms with Crippen molar-refractivity contribution in [2.75, 3.05) is 13.2 Å². The Labute approximate surface area is 361 Å². The fourth-order valence-corrected chi connectivity index (χ4v) is 7.81. The molecule has 0 aliphatic rings. The van der Waals surface area contributed by atoms with E-state index >= 15 is 0 Å². The van der Waals surface area contributed by atoms with Crippen LogP contribution in [-0.4, -0.2) is 37.2 Å². The molecule has 344 valence electrons. The van der Waals surface area contributed by atoms with Crippen molar-refractivity contribution >= 4 is 17.9 Å². The zero-order chi connectivity index (χ0) is 42.6. The van der Waals surface area contributed by atoms with Gasteiger partial charge in [-0.2, -0.15) is 0 Å². The van der Waals surface area contributed by atoms with Crippen LogP contribution in [0.4, 0.5) is 0 Å². The Morgan fingerprint density at radius 1 is 0.328 bits per heavy atom. The molecule has 1 atom stereocenters. The lowest BCUT2D eigenvalue weighted by atomic mass is 10.0. The monoisotopic (exact) mass is 821 g/mol. The average molecular weight is 821 g/mol. The standard InChI is InChI=1S/C52H100O6/c1-6-7-8-9-10-11-12-13-14-15-16-17-20-23-26-32-37-42-50(53)56-45-49(58-52(55)44-39-34-29-28-31-36-41-48(4)5)46-57-51(54)43-38-33-27-24-21-18-19-22-25-30-35-40-47(2)3/h47-49H,6-46H2,1-5H3/t49-/m1/s1.